The Morgan fingerprint density at radius 2 is 1.12 bits per heavy atom. The molecule has 1 heterocycles. The number of nitrogens with two attached hydrogens (primary N) is 3. The Balaban J connectivity index is 2.72. The summed E-state index contributed by atoms with van der Waals surface area (Å²) < 4.78 is 0. The van der Waals surface area contributed by atoms with Crippen molar-refractivity contribution >= 4 is 11.8 Å². The molecule has 0 bridgehead atoms. The highest BCUT2D eigenvalue weighted by Crippen LogP contribution is 1.99. The number of carbonyl (C=O) groups is 2. The minimum absolute atomic E-state index is 0.223. The molecule has 2 amide bonds. The van der Waals surface area contributed by atoms with Gasteiger partial charge >= 0.3 is 0 Å². The summed E-state index contributed by atoms with van der Waals surface area (Å²) in [6, 6.07) is 0. The number of rotatable bonds is 6. The van der Waals surface area contributed by atoms with Crippen LogP contribution in [0.4, 0.5) is 0 Å². The summed E-state index contributed by atoms with van der Waals surface area (Å²) in [5.41, 5.74) is 16.4. The number of likely N-dealkylation sites (N-methyl/N-ethyl adjacent to an activating group) is 1. The molecular formula is C15H33N7O2. The van der Waals surface area contributed by atoms with E-state index in [1.54, 1.807) is 0 Å². The number of primary amides is 2. The fraction of sp³-hybridized carbons (Fsp3) is 0.867. The standard InChI is InChI=1S/C15H33N7O2/c1-19-4-6-20(3-2-16)8-9-22(13-15(18)24)11-10-21(7-5-19)12-14(17)23/h2-13,16H2,1H3,(H2,17,23)(H2,18,24). The second-order valence-corrected chi connectivity index (χ2v) is 6.42. The van der Waals surface area contributed by atoms with Crippen LogP contribution in [0.2, 0.25) is 0 Å². The zero-order valence-corrected chi connectivity index (χ0v) is 14.8. The Kier molecular flexibility index (Phi) is 9.80. The van der Waals surface area contributed by atoms with Gasteiger partial charge in [-0.25, -0.2) is 0 Å². The Labute approximate surface area is 144 Å². The van der Waals surface area contributed by atoms with Gasteiger partial charge in [0.2, 0.25) is 11.8 Å². The molecule has 0 radical (unpaired) electrons. The molecule has 0 spiro atoms. The maximum Gasteiger partial charge on any atom is 0.231 e. The van der Waals surface area contributed by atoms with Crippen LogP contribution in [0, 0.1) is 0 Å². The van der Waals surface area contributed by atoms with Gasteiger partial charge in [0.1, 0.15) is 0 Å². The van der Waals surface area contributed by atoms with Gasteiger partial charge in [-0.2, -0.15) is 0 Å². The van der Waals surface area contributed by atoms with E-state index >= 15 is 0 Å². The van der Waals surface area contributed by atoms with Crippen molar-refractivity contribution in [3.8, 4) is 0 Å². The van der Waals surface area contributed by atoms with Crippen LogP contribution in [-0.4, -0.2) is 117 Å². The third-order valence-corrected chi connectivity index (χ3v) is 4.27. The molecule has 1 aliphatic rings. The van der Waals surface area contributed by atoms with Gasteiger partial charge in [0.05, 0.1) is 13.1 Å². The van der Waals surface area contributed by atoms with E-state index in [9.17, 15) is 9.59 Å². The van der Waals surface area contributed by atoms with E-state index in [1.807, 2.05) is 9.80 Å². The van der Waals surface area contributed by atoms with Crippen LogP contribution in [0.25, 0.3) is 0 Å². The molecule has 1 fully saturated rings. The van der Waals surface area contributed by atoms with Gasteiger partial charge in [0, 0.05) is 65.4 Å². The second-order valence-electron chi connectivity index (χ2n) is 6.42. The molecule has 6 N–H and O–H groups in total. The van der Waals surface area contributed by atoms with Crippen molar-refractivity contribution in [2.45, 2.75) is 0 Å². The summed E-state index contributed by atoms with van der Waals surface area (Å²) in [6.45, 7) is 8.34. The van der Waals surface area contributed by atoms with Gasteiger partial charge in [-0.05, 0) is 7.05 Å². The quantitative estimate of drug-likeness (QED) is 0.463. The van der Waals surface area contributed by atoms with Crippen LogP contribution >= 0.6 is 0 Å². The maximum atomic E-state index is 11.3. The molecule has 0 aliphatic carbocycles. The lowest BCUT2D eigenvalue weighted by atomic mass is 10.3. The molecule has 0 saturated carbocycles. The molecular weight excluding hydrogens is 310 g/mol. The predicted molar refractivity (Wildman–Crippen MR) is 94.3 cm³/mol. The summed E-state index contributed by atoms with van der Waals surface area (Å²) >= 11 is 0. The Bertz CT molecular complexity index is 394. The van der Waals surface area contributed by atoms with Gasteiger partial charge in [-0.15, -0.1) is 0 Å². The molecule has 9 heteroatoms. The van der Waals surface area contributed by atoms with Gasteiger partial charge < -0.3 is 22.1 Å². The predicted octanol–water partition coefficient (Wildman–Crippen LogP) is -3.23. The number of carbonyl (C=O) groups excluding carboxylic acids is 2. The zero-order valence-electron chi connectivity index (χ0n) is 14.8. The average Bonchev–Trinajstić information content (AvgIpc) is 2.49. The number of hydrogen-bond donors (Lipinski definition) is 3. The molecule has 0 aromatic carbocycles. The average molecular weight is 343 g/mol. The number of nitrogens with zero attached hydrogens (tertiary/aromatic N) is 4. The first-order chi connectivity index (χ1) is 11.4. The third kappa shape index (κ3) is 9.14. The van der Waals surface area contributed by atoms with Crippen molar-refractivity contribution in [1.82, 2.24) is 19.6 Å². The van der Waals surface area contributed by atoms with E-state index < -0.39 is 0 Å². The fourth-order valence-corrected chi connectivity index (χ4v) is 2.80. The molecule has 1 rings (SSSR count). The van der Waals surface area contributed by atoms with Crippen LogP contribution in [0.5, 0.6) is 0 Å². The number of amides is 2. The molecule has 1 saturated heterocycles. The topological polar surface area (TPSA) is 125 Å². The first kappa shape index (κ1) is 20.8. The van der Waals surface area contributed by atoms with Gasteiger partial charge in [0.25, 0.3) is 0 Å². The second kappa shape index (κ2) is 11.3. The van der Waals surface area contributed by atoms with E-state index in [0.717, 1.165) is 45.8 Å². The first-order valence-corrected chi connectivity index (χ1v) is 8.53. The lowest BCUT2D eigenvalue weighted by Crippen LogP contribution is -2.48. The normalized spacial score (nSPS) is 21.1. The molecule has 0 unspecified atom stereocenters. The van der Waals surface area contributed by atoms with E-state index in [2.05, 4.69) is 16.8 Å². The van der Waals surface area contributed by atoms with E-state index in [0.29, 0.717) is 19.6 Å². The van der Waals surface area contributed by atoms with Crippen molar-refractivity contribution < 1.29 is 9.59 Å². The van der Waals surface area contributed by atoms with Gasteiger partial charge in [-0.3, -0.25) is 24.3 Å². The van der Waals surface area contributed by atoms with E-state index in [4.69, 9.17) is 17.2 Å². The molecule has 0 aromatic heterocycles. The Morgan fingerprint density at radius 3 is 1.54 bits per heavy atom. The summed E-state index contributed by atoms with van der Waals surface area (Å²) in [5.74, 6) is -0.672. The van der Waals surface area contributed by atoms with Crippen molar-refractivity contribution in [2.75, 3.05) is 85.6 Å². The molecule has 140 valence electrons. The lowest BCUT2D eigenvalue weighted by molar-refractivity contribution is -0.120. The Morgan fingerprint density at radius 1 is 0.750 bits per heavy atom. The first-order valence-electron chi connectivity index (χ1n) is 8.53. The van der Waals surface area contributed by atoms with Crippen molar-refractivity contribution in [3.63, 3.8) is 0 Å². The highest BCUT2D eigenvalue weighted by molar-refractivity contribution is 5.76. The summed E-state index contributed by atoms with van der Waals surface area (Å²) in [6.07, 6.45) is 0. The third-order valence-electron chi connectivity index (χ3n) is 4.27. The largest absolute Gasteiger partial charge is 0.369 e. The molecule has 0 aromatic rings. The lowest BCUT2D eigenvalue weighted by Gasteiger charge is -2.32. The molecule has 1 aliphatic heterocycles. The summed E-state index contributed by atoms with van der Waals surface area (Å²) in [5, 5.41) is 0. The summed E-state index contributed by atoms with van der Waals surface area (Å²) in [7, 11) is 2.08. The molecule has 24 heavy (non-hydrogen) atoms. The molecule has 0 atom stereocenters. The highest BCUT2D eigenvalue weighted by Gasteiger charge is 2.16. The SMILES string of the molecule is CN1CCN(CCN)CCN(CC(N)=O)CCN(CC(N)=O)CC1. The summed E-state index contributed by atoms with van der Waals surface area (Å²) in [4.78, 5) is 31.2. The Hall–Kier alpha value is -1.26. The van der Waals surface area contributed by atoms with E-state index in [-0.39, 0.29) is 24.9 Å². The van der Waals surface area contributed by atoms with Crippen LogP contribution in [0.15, 0.2) is 0 Å². The fourth-order valence-electron chi connectivity index (χ4n) is 2.80. The minimum Gasteiger partial charge on any atom is -0.369 e. The number of hydrogen-bond acceptors (Lipinski definition) is 7. The minimum atomic E-state index is -0.339. The van der Waals surface area contributed by atoms with Crippen LogP contribution in [-0.2, 0) is 9.59 Å². The van der Waals surface area contributed by atoms with E-state index in [1.165, 1.54) is 0 Å². The zero-order chi connectivity index (χ0) is 17.9. The maximum absolute atomic E-state index is 11.3. The molecule has 9 nitrogen and oxygen atoms in total. The van der Waals surface area contributed by atoms with Crippen molar-refractivity contribution in [3.05, 3.63) is 0 Å². The monoisotopic (exact) mass is 343 g/mol. The van der Waals surface area contributed by atoms with Crippen molar-refractivity contribution in [2.24, 2.45) is 17.2 Å². The smallest absolute Gasteiger partial charge is 0.231 e. The van der Waals surface area contributed by atoms with Crippen LogP contribution in [0.3, 0.4) is 0 Å². The van der Waals surface area contributed by atoms with Gasteiger partial charge in [-0.1, -0.05) is 0 Å². The van der Waals surface area contributed by atoms with Crippen molar-refractivity contribution in [1.29, 1.82) is 0 Å². The van der Waals surface area contributed by atoms with Crippen LogP contribution < -0.4 is 17.2 Å². The highest BCUT2D eigenvalue weighted by atomic mass is 16.1. The van der Waals surface area contributed by atoms with Gasteiger partial charge in [0.15, 0.2) is 0 Å². The van der Waals surface area contributed by atoms with Crippen LogP contribution in [0.1, 0.15) is 0 Å².